The van der Waals surface area contributed by atoms with Crippen LogP contribution in [0.5, 0.6) is 0 Å². The van der Waals surface area contributed by atoms with Crippen molar-refractivity contribution in [1.82, 2.24) is 5.16 Å². The summed E-state index contributed by atoms with van der Waals surface area (Å²) in [5, 5.41) is 7.20. The van der Waals surface area contributed by atoms with Crippen LogP contribution in [0.3, 0.4) is 0 Å². The molecule has 0 spiro atoms. The van der Waals surface area contributed by atoms with E-state index < -0.39 is 0 Å². The second-order valence-electron chi connectivity index (χ2n) is 5.14. The van der Waals surface area contributed by atoms with Crippen molar-refractivity contribution < 1.29 is 9.32 Å². The molecule has 106 valence electrons. The summed E-state index contributed by atoms with van der Waals surface area (Å²) in [4.78, 5) is 12.1. The minimum Gasteiger partial charge on any atom is -0.361 e. The number of halogens is 1. The first-order valence-electron chi connectivity index (χ1n) is 6.49. The molecule has 20 heavy (non-hydrogen) atoms. The van der Waals surface area contributed by atoms with Crippen molar-refractivity contribution in [2.45, 2.75) is 27.2 Å². The van der Waals surface area contributed by atoms with Crippen LogP contribution >= 0.6 is 11.6 Å². The first-order chi connectivity index (χ1) is 9.47. The highest BCUT2D eigenvalue weighted by Gasteiger charge is 2.14. The van der Waals surface area contributed by atoms with Gasteiger partial charge in [-0.1, -0.05) is 36.7 Å². The molecule has 0 saturated heterocycles. The number of aromatic nitrogens is 1. The van der Waals surface area contributed by atoms with Crippen LogP contribution in [0.4, 0.5) is 5.69 Å². The molecule has 0 aliphatic heterocycles. The molecule has 0 aliphatic rings. The lowest BCUT2D eigenvalue weighted by molar-refractivity contribution is 0.101. The highest BCUT2D eigenvalue weighted by Crippen LogP contribution is 2.23. The molecule has 1 amide bonds. The van der Waals surface area contributed by atoms with E-state index in [9.17, 15) is 4.79 Å². The predicted octanol–water partition coefficient (Wildman–Crippen LogP) is 4.09. The van der Waals surface area contributed by atoms with E-state index in [1.807, 2.05) is 6.92 Å². The smallest absolute Gasteiger partial charge is 0.277 e. The summed E-state index contributed by atoms with van der Waals surface area (Å²) in [5.74, 6) is 0.871. The van der Waals surface area contributed by atoms with Gasteiger partial charge in [0.25, 0.3) is 5.91 Å². The van der Waals surface area contributed by atoms with Crippen LogP contribution in [0.1, 0.15) is 35.7 Å². The van der Waals surface area contributed by atoms with Crippen LogP contribution in [-0.4, -0.2) is 11.1 Å². The van der Waals surface area contributed by atoms with Crippen LogP contribution in [0.15, 0.2) is 28.8 Å². The van der Waals surface area contributed by atoms with Crippen molar-refractivity contribution in [2.75, 3.05) is 5.32 Å². The van der Waals surface area contributed by atoms with Gasteiger partial charge in [0.1, 0.15) is 5.76 Å². The lowest BCUT2D eigenvalue weighted by Gasteiger charge is -2.07. The molecular weight excluding hydrogens is 276 g/mol. The zero-order valence-corrected chi connectivity index (χ0v) is 12.5. The van der Waals surface area contributed by atoms with Gasteiger partial charge in [-0.15, -0.1) is 0 Å². The minimum absolute atomic E-state index is 0.278. The van der Waals surface area contributed by atoms with E-state index in [1.54, 1.807) is 24.3 Å². The van der Waals surface area contributed by atoms with Gasteiger partial charge in [0.05, 0.1) is 0 Å². The maximum atomic E-state index is 12.1. The van der Waals surface area contributed by atoms with Gasteiger partial charge in [0.2, 0.25) is 0 Å². The van der Waals surface area contributed by atoms with Gasteiger partial charge in [-0.3, -0.25) is 4.79 Å². The molecule has 0 aliphatic carbocycles. The van der Waals surface area contributed by atoms with Crippen LogP contribution in [0.2, 0.25) is 5.02 Å². The Kier molecular flexibility index (Phi) is 4.45. The molecule has 0 saturated carbocycles. The molecule has 1 aromatic heterocycles. The lowest BCUT2D eigenvalue weighted by atomic mass is 10.1. The van der Waals surface area contributed by atoms with E-state index in [1.165, 1.54) is 0 Å². The largest absolute Gasteiger partial charge is 0.361 e. The molecule has 0 fully saturated rings. The third kappa shape index (κ3) is 3.39. The summed E-state index contributed by atoms with van der Waals surface area (Å²) < 4.78 is 5.15. The number of carbonyl (C=O) groups is 1. The Hall–Kier alpha value is -1.81. The zero-order valence-electron chi connectivity index (χ0n) is 11.7. The monoisotopic (exact) mass is 292 g/mol. The first kappa shape index (κ1) is 14.6. The van der Waals surface area contributed by atoms with Crippen molar-refractivity contribution in [2.24, 2.45) is 5.92 Å². The summed E-state index contributed by atoms with van der Waals surface area (Å²) in [6.07, 6.45) is 0.760. The molecular formula is C15H17ClN2O2. The number of hydrogen-bond acceptors (Lipinski definition) is 3. The highest BCUT2D eigenvalue weighted by molar-refractivity contribution is 6.31. The van der Waals surface area contributed by atoms with E-state index in [2.05, 4.69) is 24.3 Å². The van der Waals surface area contributed by atoms with Gasteiger partial charge in [0.15, 0.2) is 5.69 Å². The van der Waals surface area contributed by atoms with Crippen molar-refractivity contribution in [3.8, 4) is 0 Å². The normalized spacial score (nSPS) is 10.8. The number of carbonyl (C=O) groups excluding carboxylic acids is 1. The van der Waals surface area contributed by atoms with Gasteiger partial charge in [0, 0.05) is 23.2 Å². The molecule has 0 unspecified atom stereocenters. The molecule has 1 N–H and O–H groups in total. The van der Waals surface area contributed by atoms with Crippen molar-refractivity contribution >= 4 is 23.2 Å². The number of nitrogens with zero attached hydrogens (tertiary/aromatic N) is 1. The molecule has 0 atom stereocenters. The first-order valence-corrected chi connectivity index (χ1v) is 6.87. The van der Waals surface area contributed by atoms with Crippen LogP contribution in [0, 0.1) is 12.8 Å². The Morgan fingerprint density at radius 2 is 2.20 bits per heavy atom. The molecule has 1 heterocycles. The zero-order chi connectivity index (χ0) is 14.7. The Morgan fingerprint density at radius 1 is 1.45 bits per heavy atom. The SMILES string of the molecule is Cc1c(Cl)cccc1NC(=O)c1cc(CC(C)C)on1. The fourth-order valence-corrected chi connectivity index (χ4v) is 2.02. The second-order valence-corrected chi connectivity index (χ2v) is 5.55. The lowest BCUT2D eigenvalue weighted by Crippen LogP contribution is -2.13. The van der Waals surface area contributed by atoms with Crippen molar-refractivity contribution in [3.63, 3.8) is 0 Å². The van der Waals surface area contributed by atoms with E-state index in [-0.39, 0.29) is 11.6 Å². The fourth-order valence-electron chi connectivity index (χ4n) is 1.85. The molecule has 2 aromatic rings. The van der Waals surface area contributed by atoms with Gasteiger partial charge < -0.3 is 9.84 Å². The molecule has 5 heteroatoms. The van der Waals surface area contributed by atoms with E-state index in [4.69, 9.17) is 16.1 Å². The van der Waals surface area contributed by atoms with Crippen molar-refractivity contribution in [1.29, 1.82) is 0 Å². The van der Waals surface area contributed by atoms with Gasteiger partial charge in [-0.25, -0.2) is 0 Å². The molecule has 0 radical (unpaired) electrons. The molecule has 2 rings (SSSR count). The summed E-state index contributed by atoms with van der Waals surface area (Å²) in [6.45, 7) is 6.01. The van der Waals surface area contributed by atoms with E-state index in [0.29, 0.717) is 22.4 Å². The number of hydrogen-bond donors (Lipinski definition) is 1. The summed E-state index contributed by atoms with van der Waals surface area (Å²) >= 11 is 6.02. The highest BCUT2D eigenvalue weighted by atomic mass is 35.5. The predicted molar refractivity (Wildman–Crippen MR) is 79.2 cm³/mol. The van der Waals surface area contributed by atoms with E-state index in [0.717, 1.165) is 12.0 Å². The second kappa shape index (κ2) is 6.09. The standard InChI is InChI=1S/C15H17ClN2O2/c1-9(2)7-11-8-14(18-20-11)15(19)17-13-6-4-5-12(16)10(13)3/h4-6,8-9H,7H2,1-3H3,(H,17,19). The average molecular weight is 293 g/mol. The summed E-state index contributed by atoms with van der Waals surface area (Å²) in [6, 6.07) is 7.05. The summed E-state index contributed by atoms with van der Waals surface area (Å²) in [7, 11) is 0. The van der Waals surface area contributed by atoms with E-state index >= 15 is 0 Å². The third-order valence-corrected chi connectivity index (χ3v) is 3.33. The number of anilines is 1. The third-order valence-electron chi connectivity index (χ3n) is 2.92. The molecule has 4 nitrogen and oxygen atoms in total. The maximum Gasteiger partial charge on any atom is 0.277 e. The Bertz CT molecular complexity index is 620. The quantitative estimate of drug-likeness (QED) is 0.923. The Labute approximate surface area is 123 Å². The molecule has 0 bridgehead atoms. The fraction of sp³-hybridized carbons (Fsp3) is 0.333. The number of nitrogens with one attached hydrogen (secondary N) is 1. The van der Waals surface area contributed by atoms with Crippen LogP contribution in [0.25, 0.3) is 0 Å². The Balaban J connectivity index is 2.12. The van der Waals surface area contributed by atoms with Gasteiger partial charge in [-0.2, -0.15) is 0 Å². The number of amides is 1. The van der Waals surface area contributed by atoms with Crippen LogP contribution < -0.4 is 5.32 Å². The van der Waals surface area contributed by atoms with Crippen LogP contribution in [-0.2, 0) is 6.42 Å². The minimum atomic E-state index is -0.297. The van der Waals surface area contributed by atoms with Crippen molar-refractivity contribution in [3.05, 3.63) is 46.3 Å². The van der Waals surface area contributed by atoms with Gasteiger partial charge >= 0.3 is 0 Å². The number of benzene rings is 1. The number of rotatable bonds is 4. The maximum absolute atomic E-state index is 12.1. The summed E-state index contributed by atoms with van der Waals surface area (Å²) in [5.41, 5.74) is 1.78. The Morgan fingerprint density at radius 3 is 2.90 bits per heavy atom. The topological polar surface area (TPSA) is 55.1 Å². The van der Waals surface area contributed by atoms with Gasteiger partial charge in [-0.05, 0) is 30.5 Å². The average Bonchev–Trinajstić information content (AvgIpc) is 2.82. The molecule has 1 aromatic carbocycles.